The Labute approximate surface area is 129 Å². The van der Waals surface area contributed by atoms with Crippen LogP contribution in [0, 0.1) is 17.2 Å². The van der Waals surface area contributed by atoms with Crippen molar-refractivity contribution < 1.29 is 4.79 Å². The summed E-state index contributed by atoms with van der Waals surface area (Å²) in [4.78, 5) is 18.6. The molecule has 0 unspecified atom stereocenters. The molecular formula is C16H19N5O. The lowest BCUT2D eigenvalue weighted by Crippen LogP contribution is -2.36. The summed E-state index contributed by atoms with van der Waals surface area (Å²) in [6.07, 6.45) is 7.52. The number of imidazole rings is 1. The average Bonchev–Trinajstić information content (AvgIpc) is 3.12. The van der Waals surface area contributed by atoms with Crippen molar-refractivity contribution in [2.45, 2.75) is 19.4 Å². The number of fused-ring (bicyclic) bond motifs is 1. The van der Waals surface area contributed by atoms with Crippen LogP contribution in [0.1, 0.15) is 28.3 Å². The van der Waals surface area contributed by atoms with Gasteiger partial charge in [-0.05, 0) is 18.4 Å². The molecule has 0 aromatic carbocycles. The molecule has 3 heterocycles. The van der Waals surface area contributed by atoms with Crippen LogP contribution in [-0.4, -0.2) is 38.5 Å². The second-order valence-corrected chi connectivity index (χ2v) is 5.92. The highest BCUT2D eigenvalue weighted by Gasteiger charge is 2.23. The molecule has 0 fully saturated rings. The Morgan fingerprint density at radius 2 is 2.41 bits per heavy atom. The largest absolute Gasteiger partial charge is 0.345 e. The third-order valence-electron chi connectivity index (χ3n) is 4.26. The molecule has 0 bridgehead atoms. The van der Waals surface area contributed by atoms with E-state index >= 15 is 0 Å². The second-order valence-electron chi connectivity index (χ2n) is 5.92. The van der Waals surface area contributed by atoms with Crippen molar-refractivity contribution in [3.8, 4) is 6.07 Å². The number of hydrogen-bond acceptors (Lipinski definition) is 3. The zero-order valence-corrected chi connectivity index (χ0v) is 12.9. The standard InChI is InChI=1S/C16H19N5O/c1-19-10-13(8-17)7-14(19)16(22)20(2)9-12-3-4-15-18-5-6-21(15)11-12/h5-7,10,12H,3-4,9,11H2,1-2H3/t12-/m1/s1. The zero-order valence-electron chi connectivity index (χ0n) is 12.9. The summed E-state index contributed by atoms with van der Waals surface area (Å²) in [5, 5.41) is 8.93. The van der Waals surface area contributed by atoms with E-state index in [-0.39, 0.29) is 5.91 Å². The Morgan fingerprint density at radius 3 is 3.14 bits per heavy atom. The van der Waals surface area contributed by atoms with Crippen molar-refractivity contribution in [3.05, 3.63) is 41.7 Å². The van der Waals surface area contributed by atoms with E-state index < -0.39 is 0 Å². The maximum atomic E-state index is 12.5. The van der Waals surface area contributed by atoms with Gasteiger partial charge in [-0.2, -0.15) is 5.26 Å². The highest BCUT2D eigenvalue weighted by Crippen LogP contribution is 2.20. The lowest BCUT2D eigenvalue weighted by atomic mass is 9.99. The first-order chi connectivity index (χ1) is 10.6. The third-order valence-corrected chi connectivity index (χ3v) is 4.26. The number of nitrogens with zero attached hydrogens (tertiary/aromatic N) is 5. The second kappa shape index (κ2) is 5.68. The van der Waals surface area contributed by atoms with Gasteiger partial charge >= 0.3 is 0 Å². The van der Waals surface area contributed by atoms with Crippen molar-refractivity contribution in [2.24, 2.45) is 13.0 Å². The number of carbonyl (C=O) groups is 1. The highest BCUT2D eigenvalue weighted by molar-refractivity contribution is 5.93. The number of rotatable bonds is 3. The lowest BCUT2D eigenvalue weighted by molar-refractivity contribution is 0.0751. The van der Waals surface area contributed by atoms with Crippen LogP contribution in [0.5, 0.6) is 0 Å². The summed E-state index contributed by atoms with van der Waals surface area (Å²) >= 11 is 0. The summed E-state index contributed by atoms with van der Waals surface area (Å²) in [7, 11) is 3.62. The number of carbonyl (C=O) groups excluding carboxylic acids is 1. The van der Waals surface area contributed by atoms with Gasteiger partial charge in [-0.3, -0.25) is 4.79 Å². The predicted octanol–water partition coefficient (Wildman–Crippen LogP) is 1.43. The minimum Gasteiger partial charge on any atom is -0.345 e. The summed E-state index contributed by atoms with van der Waals surface area (Å²) in [5.74, 6) is 1.53. The van der Waals surface area contributed by atoms with Gasteiger partial charge in [0.15, 0.2) is 0 Å². The Morgan fingerprint density at radius 1 is 1.59 bits per heavy atom. The molecule has 114 valence electrons. The van der Waals surface area contributed by atoms with Crippen LogP contribution in [-0.2, 0) is 20.0 Å². The number of aromatic nitrogens is 3. The van der Waals surface area contributed by atoms with Gasteiger partial charge in [0.25, 0.3) is 5.91 Å². The number of amides is 1. The Kier molecular flexibility index (Phi) is 3.72. The van der Waals surface area contributed by atoms with Gasteiger partial charge in [-0.25, -0.2) is 4.98 Å². The number of hydrogen-bond donors (Lipinski definition) is 0. The molecule has 0 saturated heterocycles. The van der Waals surface area contributed by atoms with Gasteiger partial charge in [0.05, 0.1) is 5.56 Å². The number of aryl methyl sites for hydroxylation is 2. The van der Waals surface area contributed by atoms with E-state index in [0.717, 1.165) is 25.2 Å². The van der Waals surface area contributed by atoms with Crippen LogP contribution in [0.15, 0.2) is 24.7 Å². The quantitative estimate of drug-likeness (QED) is 0.860. The number of nitriles is 1. The smallest absolute Gasteiger partial charge is 0.270 e. The molecule has 0 N–H and O–H groups in total. The lowest BCUT2D eigenvalue weighted by Gasteiger charge is -2.28. The fourth-order valence-electron chi connectivity index (χ4n) is 3.09. The molecule has 1 atom stereocenters. The molecule has 2 aromatic heterocycles. The van der Waals surface area contributed by atoms with E-state index in [1.807, 2.05) is 19.4 Å². The van der Waals surface area contributed by atoms with Crippen molar-refractivity contribution in [1.29, 1.82) is 5.26 Å². The summed E-state index contributed by atoms with van der Waals surface area (Å²) in [5.41, 5.74) is 1.07. The zero-order chi connectivity index (χ0) is 15.7. The first-order valence-electron chi connectivity index (χ1n) is 7.40. The Balaban J connectivity index is 1.67. The first kappa shape index (κ1) is 14.4. The van der Waals surface area contributed by atoms with Crippen LogP contribution < -0.4 is 0 Å². The van der Waals surface area contributed by atoms with Crippen LogP contribution in [0.2, 0.25) is 0 Å². The van der Waals surface area contributed by atoms with E-state index in [9.17, 15) is 4.79 Å². The van der Waals surface area contributed by atoms with E-state index in [1.54, 1.807) is 28.8 Å². The van der Waals surface area contributed by atoms with Gasteiger partial charge in [-0.1, -0.05) is 0 Å². The molecule has 1 amide bonds. The van der Waals surface area contributed by atoms with Crippen LogP contribution in [0.25, 0.3) is 0 Å². The van der Waals surface area contributed by atoms with Crippen molar-refractivity contribution in [3.63, 3.8) is 0 Å². The maximum absolute atomic E-state index is 12.5. The SMILES string of the molecule is CN(C[C@H]1CCc2nccn2C1)C(=O)c1cc(C#N)cn1C. The van der Waals surface area contributed by atoms with Crippen LogP contribution in [0.3, 0.4) is 0 Å². The molecule has 1 aliphatic rings. The molecule has 0 saturated carbocycles. The van der Waals surface area contributed by atoms with Gasteiger partial charge in [0.2, 0.25) is 0 Å². The molecule has 2 aromatic rings. The summed E-state index contributed by atoms with van der Waals surface area (Å²) < 4.78 is 3.88. The minimum atomic E-state index is -0.0413. The van der Waals surface area contributed by atoms with Gasteiger partial charge in [-0.15, -0.1) is 0 Å². The monoisotopic (exact) mass is 297 g/mol. The topological polar surface area (TPSA) is 66.8 Å². The van der Waals surface area contributed by atoms with Gasteiger partial charge in [0, 0.05) is 52.2 Å². The Hall–Kier alpha value is -2.55. The fraction of sp³-hybridized carbons (Fsp3) is 0.438. The Bertz CT molecular complexity index is 736. The molecule has 22 heavy (non-hydrogen) atoms. The van der Waals surface area contributed by atoms with Crippen molar-refractivity contribution in [1.82, 2.24) is 19.0 Å². The molecule has 0 spiro atoms. The normalized spacial score (nSPS) is 16.9. The molecule has 1 aliphatic heterocycles. The average molecular weight is 297 g/mol. The fourth-order valence-corrected chi connectivity index (χ4v) is 3.09. The minimum absolute atomic E-state index is 0.0413. The van der Waals surface area contributed by atoms with Gasteiger partial charge < -0.3 is 14.0 Å². The summed E-state index contributed by atoms with van der Waals surface area (Å²) in [6.45, 7) is 1.62. The van der Waals surface area contributed by atoms with Crippen LogP contribution in [0.4, 0.5) is 0 Å². The van der Waals surface area contributed by atoms with Crippen LogP contribution >= 0.6 is 0 Å². The van der Waals surface area contributed by atoms with E-state index in [2.05, 4.69) is 15.6 Å². The molecule has 0 radical (unpaired) electrons. The third kappa shape index (κ3) is 2.62. The van der Waals surface area contributed by atoms with E-state index in [0.29, 0.717) is 23.7 Å². The van der Waals surface area contributed by atoms with Crippen molar-refractivity contribution >= 4 is 5.91 Å². The van der Waals surface area contributed by atoms with E-state index in [4.69, 9.17) is 5.26 Å². The first-order valence-corrected chi connectivity index (χ1v) is 7.40. The molecular weight excluding hydrogens is 278 g/mol. The maximum Gasteiger partial charge on any atom is 0.270 e. The molecule has 3 rings (SSSR count). The van der Waals surface area contributed by atoms with E-state index in [1.165, 1.54) is 0 Å². The van der Waals surface area contributed by atoms with Gasteiger partial charge in [0.1, 0.15) is 17.6 Å². The molecule has 6 nitrogen and oxygen atoms in total. The predicted molar refractivity (Wildman–Crippen MR) is 81.1 cm³/mol. The highest BCUT2D eigenvalue weighted by atomic mass is 16.2. The molecule has 0 aliphatic carbocycles. The molecule has 6 heteroatoms. The summed E-state index contributed by atoms with van der Waals surface area (Å²) in [6, 6.07) is 3.72. The van der Waals surface area contributed by atoms with Crippen molar-refractivity contribution in [2.75, 3.05) is 13.6 Å².